The molecule has 0 aliphatic heterocycles. The first-order valence-corrected chi connectivity index (χ1v) is 6.00. The maximum absolute atomic E-state index is 12.3. The van der Waals surface area contributed by atoms with E-state index in [0.717, 1.165) is 25.0 Å². The van der Waals surface area contributed by atoms with Crippen molar-refractivity contribution in [2.45, 2.75) is 32.0 Å². The molecule has 96 valence electrons. The van der Waals surface area contributed by atoms with Crippen LogP contribution in [0.4, 0.5) is 18.9 Å². The molecule has 1 aromatic rings. The second-order valence-corrected chi connectivity index (χ2v) is 4.18. The summed E-state index contributed by atoms with van der Waals surface area (Å²) in [5.74, 6) is 0.534. The fraction of sp³-hybridized carbons (Fsp3) is 0.500. The van der Waals surface area contributed by atoms with Crippen molar-refractivity contribution in [2.75, 3.05) is 11.2 Å². The number of hydrogen-bond donors (Lipinski definition) is 1. The van der Waals surface area contributed by atoms with Gasteiger partial charge < -0.3 is 5.32 Å². The van der Waals surface area contributed by atoms with Crippen LogP contribution >= 0.6 is 11.6 Å². The van der Waals surface area contributed by atoms with Crippen molar-refractivity contribution in [2.24, 2.45) is 0 Å². The Morgan fingerprint density at radius 2 is 1.82 bits per heavy atom. The summed E-state index contributed by atoms with van der Waals surface area (Å²) >= 11 is 5.64. The molecule has 17 heavy (non-hydrogen) atoms. The van der Waals surface area contributed by atoms with Gasteiger partial charge in [0.15, 0.2) is 0 Å². The van der Waals surface area contributed by atoms with E-state index in [1.165, 1.54) is 12.1 Å². The molecule has 0 radical (unpaired) electrons. The molecule has 1 rings (SSSR count). The average molecular weight is 266 g/mol. The molecular formula is C12H15ClF3N. The Morgan fingerprint density at radius 1 is 1.24 bits per heavy atom. The molecule has 5 heteroatoms. The van der Waals surface area contributed by atoms with Crippen molar-refractivity contribution in [3.8, 4) is 0 Å². The highest BCUT2D eigenvalue weighted by Crippen LogP contribution is 2.30. The van der Waals surface area contributed by atoms with Crippen LogP contribution < -0.4 is 5.32 Å². The van der Waals surface area contributed by atoms with Crippen molar-refractivity contribution < 1.29 is 13.2 Å². The van der Waals surface area contributed by atoms with Crippen LogP contribution in [0.25, 0.3) is 0 Å². The molecule has 0 bridgehead atoms. The van der Waals surface area contributed by atoms with E-state index >= 15 is 0 Å². The predicted octanol–water partition coefficient (Wildman–Crippen LogP) is 4.52. The Bertz CT molecular complexity index is 335. The van der Waals surface area contributed by atoms with E-state index < -0.39 is 11.7 Å². The van der Waals surface area contributed by atoms with Gasteiger partial charge in [-0.2, -0.15) is 13.2 Å². The van der Waals surface area contributed by atoms with Gasteiger partial charge >= 0.3 is 6.18 Å². The van der Waals surface area contributed by atoms with E-state index in [4.69, 9.17) is 11.6 Å². The third-order valence-corrected chi connectivity index (χ3v) is 2.75. The van der Waals surface area contributed by atoms with Gasteiger partial charge in [-0.25, -0.2) is 0 Å². The lowest BCUT2D eigenvalue weighted by Gasteiger charge is -2.17. The number of rotatable bonds is 5. The molecule has 1 N–H and O–H groups in total. The third kappa shape index (κ3) is 4.46. The molecular weight excluding hydrogens is 251 g/mol. The molecule has 1 atom stereocenters. The summed E-state index contributed by atoms with van der Waals surface area (Å²) in [5.41, 5.74) is 0.0587. The van der Waals surface area contributed by atoms with Gasteiger partial charge in [-0.3, -0.25) is 0 Å². The first kappa shape index (κ1) is 14.2. The normalized spacial score (nSPS) is 13.5. The summed E-state index contributed by atoms with van der Waals surface area (Å²) in [7, 11) is 0. The Hall–Kier alpha value is -0.900. The van der Waals surface area contributed by atoms with Crippen LogP contribution in [-0.4, -0.2) is 11.9 Å². The Balaban J connectivity index is 2.68. The SMILES string of the molecule is CCC(CCCl)Nc1ccc(C(F)(F)F)cc1. The van der Waals surface area contributed by atoms with E-state index in [0.29, 0.717) is 11.6 Å². The maximum Gasteiger partial charge on any atom is 0.416 e. The van der Waals surface area contributed by atoms with E-state index in [1.54, 1.807) is 0 Å². The van der Waals surface area contributed by atoms with Gasteiger partial charge in [0.1, 0.15) is 0 Å². The van der Waals surface area contributed by atoms with E-state index in [1.807, 2.05) is 6.92 Å². The van der Waals surface area contributed by atoms with Crippen molar-refractivity contribution in [3.05, 3.63) is 29.8 Å². The summed E-state index contributed by atoms with van der Waals surface area (Å²) in [6, 6.07) is 5.24. The van der Waals surface area contributed by atoms with Gasteiger partial charge in [-0.1, -0.05) is 6.92 Å². The molecule has 0 spiro atoms. The fourth-order valence-electron chi connectivity index (χ4n) is 1.50. The highest BCUT2D eigenvalue weighted by molar-refractivity contribution is 6.17. The number of benzene rings is 1. The Morgan fingerprint density at radius 3 is 2.24 bits per heavy atom. The van der Waals surface area contributed by atoms with E-state index in [-0.39, 0.29) is 6.04 Å². The summed E-state index contributed by atoms with van der Waals surface area (Å²) in [6.45, 7) is 2.01. The average Bonchev–Trinajstić information content (AvgIpc) is 2.28. The van der Waals surface area contributed by atoms with Crippen LogP contribution in [0.2, 0.25) is 0 Å². The lowest BCUT2D eigenvalue weighted by Crippen LogP contribution is -2.18. The van der Waals surface area contributed by atoms with Crippen molar-refractivity contribution in [1.29, 1.82) is 0 Å². The second kappa shape index (κ2) is 6.15. The zero-order valence-electron chi connectivity index (χ0n) is 9.52. The van der Waals surface area contributed by atoms with Gasteiger partial charge in [-0.15, -0.1) is 11.6 Å². The summed E-state index contributed by atoms with van der Waals surface area (Å²) in [4.78, 5) is 0. The Labute approximate surface area is 104 Å². The first-order valence-electron chi connectivity index (χ1n) is 5.47. The molecule has 0 saturated carbocycles. The molecule has 1 unspecified atom stereocenters. The van der Waals surface area contributed by atoms with Gasteiger partial charge in [0.05, 0.1) is 5.56 Å². The lowest BCUT2D eigenvalue weighted by atomic mass is 10.1. The minimum atomic E-state index is -4.28. The van der Waals surface area contributed by atoms with Crippen molar-refractivity contribution >= 4 is 17.3 Å². The van der Waals surface area contributed by atoms with Gasteiger partial charge in [0.2, 0.25) is 0 Å². The highest BCUT2D eigenvalue weighted by Gasteiger charge is 2.29. The Kier molecular flexibility index (Phi) is 5.12. The molecule has 0 aromatic heterocycles. The highest BCUT2D eigenvalue weighted by atomic mass is 35.5. The van der Waals surface area contributed by atoms with Crippen LogP contribution in [0, 0.1) is 0 Å². The molecule has 1 nitrogen and oxygen atoms in total. The number of halogens is 4. The minimum absolute atomic E-state index is 0.198. The van der Waals surface area contributed by atoms with E-state index in [9.17, 15) is 13.2 Å². The second-order valence-electron chi connectivity index (χ2n) is 3.80. The molecule has 0 aliphatic rings. The quantitative estimate of drug-likeness (QED) is 0.772. The summed E-state index contributed by atoms with van der Waals surface area (Å²) in [5, 5.41) is 3.16. The topological polar surface area (TPSA) is 12.0 Å². The van der Waals surface area contributed by atoms with Crippen LogP contribution in [0.15, 0.2) is 24.3 Å². The fourth-order valence-corrected chi connectivity index (χ4v) is 1.76. The first-order chi connectivity index (χ1) is 7.97. The maximum atomic E-state index is 12.3. The van der Waals surface area contributed by atoms with Gasteiger partial charge in [0.25, 0.3) is 0 Å². The number of hydrogen-bond acceptors (Lipinski definition) is 1. The van der Waals surface area contributed by atoms with Crippen LogP contribution in [0.1, 0.15) is 25.3 Å². The zero-order valence-corrected chi connectivity index (χ0v) is 10.3. The molecule has 0 aliphatic carbocycles. The van der Waals surface area contributed by atoms with Crippen molar-refractivity contribution in [1.82, 2.24) is 0 Å². The number of anilines is 1. The zero-order chi connectivity index (χ0) is 12.9. The van der Waals surface area contributed by atoms with Crippen LogP contribution in [0.5, 0.6) is 0 Å². The number of alkyl halides is 4. The molecule has 0 saturated heterocycles. The van der Waals surface area contributed by atoms with Crippen LogP contribution in [-0.2, 0) is 6.18 Å². The van der Waals surface area contributed by atoms with Gasteiger partial charge in [-0.05, 0) is 37.1 Å². The summed E-state index contributed by atoms with van der Waals surface area (Å²) < 4.78 is 37.0. The van der Waals surface area contributed by atoms with Gasteiger partial charge in [0, 0.05) is 17.6 Å². The summed E-state index contributed by atoms with van der Waals surface area (Å²) in [6.07, 6.45) is -2.61. The molecule has 0 amide bonds. The largest absolute Gasteiger partial charge is 0.416 e. The van der Waals surface area contributed by atoms with Crippen molar-refractivity contribution in [3.63, 3.8) is 0 Å². The molecule has 0 fully saturated rings. The van der Waals surface area contributed by atoms with Crippen LogP contribution in [0.3, 0.4) is 0 Å². The predicted molar refractivity (Wildman–Crippen MR) is 64.5 cm³/mol. The lowest BCUT2D eigenvalue weighted by molar-refractivity contribution is -0.137. The molecule has 1 aromatic carbocycles. The number of nitrogens with one attached hydrogen (secondary N) is 1. The monoisotopic (exact) mass is 265 g/mol. The third-order valence-electron chi connectivity index (χ3n) is 2.53. The smallest absolute Gasteiger partial charge is 0.382 e. The van der Waals surface area contributed by atoms with E-state index in [2.05, 4.69) is 5.32 Å². The standard InChI is InChI=1S/C12H15ClF3N/c1-2-10(7-8-13)17-11-5-3-9(4-6-11)12(14,15)16/h3-6,10,17H,2,7-8H2,1H3. The molecule has 0 heterocycles. The minimum Gasteiger partial charge on any atom is -0.382 e.